The topological polar surface area (TPSA) is 71.2 Å². The van der Waals surface area contributed by atoms with E-state index in [0.29, 0.717) is 22.9 Å². The number of hydrogen-bond donors (Lipinski definition) is 2. The van der Waals surface area contributed by atoms with E-state index in [1.54, 1.807) is 30.6 Å². The smallest absolute Gasteiger partial charge is 0.238 e. The summed E-state index contributed by atoms with van der Waals surface area (Å²) >= 11 is 6.02. The van der Waals surface area contributed by atoms with Gasteiger partial charge in [-0.25, -0.2) is 0 Å². The van der Waals surface area contributed by atoms with Gasteiger partial charge in [0.15, 0.2) is 0 Å². The van der Waals surface area contributed by atoms with Crippen LogP contribution in [0.25, 0.3) is 0 Å². The van der Waals surface area contributed by atoms with Gasteiger partial charge < -0.3 is 11.1 Å². The molecule has 2 rings (SSSR count). The Labute approximate surface area is 128 Å². The fourth-order valence-corrected chi connectivity index (χ4v) is 2.09. The summed E-state index contributed by atoms with van der Waals surface area (Å²) in [5, 5.41) is 3.23. The zero-order valence-electron chi connectivity index (χ0n) is 11.7. The molecule has 1 aromatic carbocycles. The van der Waals surface area contributed by atoms with Crippen molar-refractivity contribution in [2.45, 2.75) is 6.54 Å². The molecule has 1 aromatic heterocycles. The average molecular weight is 305 g/mol. The van der Waals surface area contributed by atoms with Gasteiger partial charge >= 0.3 is 0 Å². The van der Waals surface area contributed by atoms with Crippen molar-refractivity contribution in [3.05, 3.63) is 53.3 Å². The summed E-state index contributed by atoms with van der Waals surface area (Å²) < 4.78 is 0. The predicted molar refractivity (Wildman–Crippen MR) is 85.1 cm³/mol. The number of hydrogen-bond acceptors (Lipinski definition) is 4. The Morgan fingerprint density at radius 3 is 2.76 bits per heavy atom. The van der Waals surface area contributed by atoms with E-state index in [1.807, 2.05) is 24.1 Å². The molecule has 0 spiro atoms. The van der Waals surface area contributed by atoms with Crippen LogP contribution in [0.2, 0.25) is 5.02 Å². The number of aromatic nitrogens is 1. The number of benzene rings is 1. The highest BCUT2D eigenvalue weighted by atomic mass is 35.5. The average Bonchev–Trinajstić information content (AvgIpc) is 2.43. The van der Waals surface area contributed by atoms with Crippen LogP contribution in [0.4, 0.5) is 11.4 Å². The fraction of sp³-hybridized carbons (Fsp3) is 0.200. The van der Waals surface area contributed by atoms with E-state index >= 15 is 0 Å². The first-order valence-electron chi connectivity index (χ1n) is 6.47. The Morgan fingerprint density at radius 2 is 2.05 bits per heavy atom. The molecule has 0 aliphatic heterocycles. The highest BCUT2D eigenvalue weighted by Gasteiger charge is 2.09. The summed E-state index contributed by atoms with van der Waals surface area (Å²) in [6, 6.07) is 8.83. The minimum Gasteiger partial charge on any atom is -0.399 e. The normalized spacial score (nSPS) is 10.6. The molecule has 2 aromatic rings. The van der Waals surface area contributed by atoms with Crippen LogP contribution in [-0.4, -0.2) is 29.4 Å². The molecule has 5 nitrogen and oxygen atoms in total. The quantitative estimate of drug-likeness (QED) is 0.832. The number of anilines is 2. The fourth-order valence-electron chi connectivity index (χ4n) is 1.93. The standard InChI is InChI=1S/C15H17ClN4O/c1-20(9-11-4-6-18-7-5-11)10-15(21)19-14-8-12(17)2-3-13(14)16/h2-8H,9-10,17H2,1H3,(H,19,21). The molecular weight excluding hydrogens is 288 g/mol. The van der Waals surface area contributed by atoms with Crippen molar-refractivity contribution in [2.75, 3.05) is 24.6 Å². The molecule has 0 atom stereocenters. The first kappa shape index (κ1) is 15.3. The molecule has 0 bridgehead atoms. The van der Waals surface area contributed by atoms with Gasteiger partial charge in [0.1, 0.15) is 0 Å². The third kappa shape index (κ3) is 4.73. The lowest BCUT2D eigenvalue weighted by atomic mass is 10.2. The Balaban J connectivity index is 1.91. The summed E-state index contributed by atoms with van der Waals surface area (Å²) in [4.78, 5) is 17.9. The molecule has 21 heavy (non-hydrogen) atoms. The molecule has 0 unspecified atom stereocenters. The maximum atomic E-state index is 12.0. The van der Waals surface area contributed by atoms with Crippen molar-refractivity contribution in [2.24, 2.45) is 0 Å². The van der Waals surface area contributed by atoms with Crippen molar-refractivity contribution < 1.29 is 4.79 Å². The van der Waals surface area contributed by atoms with Gasteiger partial charge in [0.05, 0.1) is 17.3 Å². The summed E-state index contributed by atoms with van der Waals surface area (Å²) in [5.41, 5.74) is 7.86. The number of likely N-dealkylation sites (N-methyl/N-ethyl adjacent to an activating group) is 1. The van der Waals surface area contributed by atoms with E-state index in [4.69, 9.17) is 17.3 Å². The van der Waals surface area contributed by atoms with Crippen LogP contribution in [-0.2, 0) is 11.3 Å². The van der Waals surface area contributed by atoms with E-state index in [1.165, 1.54) is 0 Å². The summed E-state index contributed by atoms with van der Waals surface area (Å²) in [5.74, 6) is -0.140. The van der Waals surface area contributed by atoms with E-state index in [-0.39, 0.29) is 12.5 Å². The zero-order chi connectivity index (χ0) is 15.2. The van der Waals surface area contributed by atoms with Gasteiger partial charge in [-0.2, -0.15) is 0 Å². The van der Waals surface area contributed by atoms with Crippen molar-refractivity contribution in [3.63, 3.8) is 0 Å². The third-order valence-corrected chi connectivity index (χ3v) is 3.21. The number of halogens is 1. The molecule has 0 fully saturated rings. The van der Waals surface area contributed by atoms with Gasteiger partial charge in [-0.3, -0.25) is 14.7 Å². The van der Waals surface area contributed by atoms with E-state index in [9.17, 15) is 4.79 Å². The Hall–Kier alpha value is -2.11. The first-order chi connectivity index (χ1) is 10.0. The minimum absolute atomic E-state index is 0.140. The number of amides is 1. The molecule has 1 heterocycles. The molecule has 0 saturated carbocycles. The minimum atomic E-state index is -0.140. The number of carbonyl (C=O) groups excluding carboxylic acids is 1. The van der Waals surface area contributed by atoms with Crippen molar-refractivity contribution >= 4 is 28.9 Å². The van der Waals surface area contributed by atoms with Crippen LogP contribution in [0, 0.1) is 0 Å². The van der Waals surface area contributed by atoms with Gasteiger partial charge in [-0.1, -0.05) is 11.6 Å². The molecule has 6 heteroatoms. The second-order valence-corrected chi connectivity index (χ2v) is 5.22. The second-order valence-electron chi connectivity index (χ2n) is 4.82. The van der Waals surface area contributed by atoms with E-state index in [2.05, 4.69) is 10.3 Å². The number of nitrogens with two attached hydrogens (primary N) is 1. The lowest BCUT2D eigenvalue weighted by Crippen LogP contribution is -2.29. The molecule has 0 saturated heterocycles. The number of nitrogens with one attached hydrogen (secondary N) is 1. The lowest BCUT2D eigenvalue weighted by molar-refractivity contribution is -0.117. The van der Waals surface area contributed by atoms with Gasteiger partial charge in [-0.15, -0.1) is 0 Å². The largest absolute Gasteiger partial charge is 0.399 e. The van der Waals surface area contributed by atoms with Gasteiger partial charge in [-0.05, 0) is 42.9 Å². The lowest BCUT2D eigenvalue weighted by Gasteiger charge is -2.16. The van der Waals surface area contributed by atoms with Crippen LogP contribution in [0.3, 0.4) is 0 Å². The maximum Gasteiger partial charge on any atom is 0.238 e. The number of nitrogen functional groups attached to an aromatic ring is 1. The van der Waals surface area contributed by atoms with Crippen LogP contribution in [0.5, 0.6) is 0 Å². The van der Waals surface area contributed by atoms with Crippen molar-refractivity contribution in [3.8, 4) is 0 Å². The third-order valence-electron chi connectivity index (χ3n) is 2.88. The first-order valence-corrected chi connectivity index (χ1v) is 6.84. The highest BCUT2D eigenvalue weighted by Crippen LogP contribution is 2.23. The van der Waals surface area contributed by atoms with Crippen molar-refractivity contribution in [1.29, 1.82) is 0 Å². The molecule has 0 aliphatic carbocycles. The zero-order valence-corrected chi connectivity index (χ0v) is 12.5. The van der Waals surface area contributed by atoms with Crippen LogP contribution in [0.1, 0.15) is 5.56 Å². The van der Waals surface area contributed by atoms with Crippen LogP contribution in [0.15, 0.2) is 42.7 Å². The molecule has 1 amide bonds. The Morgan fingerprint density at radius 1 is 1.33 bits per heavy atom. The number of nitrogens with zero attached hydrogens (tertiary/aromatic N) is 2. The number of pyridine rings is 1. The predicted octanol–water partition coefficient (Wildman–Crippen LogP) is 2.39. The molecule has 110 valence electrons. The monoisotopic (exact) mass is 304 g/mol. The number of rotatable bonds is 5. The van der Waals surface area contributed by atoms with Crippen molar-refractivity contribution in [1.82, 2.24) is 9.88 Å². The Kier molecular flexibility index (Phi) is 5.14. The number of carbonyl (C=O) groups is 1. The molecule has 0 aliphatic rings. The van der Waals surface area contributed by atoms with Gasteiger partial charge in [0.25, 0.3) is 0 Å². The summed E-state index contributed by atoms with van der Waals surface area (Å²) in [6.45, 7) is 0.925. The second kappa shape index (κ2) is 7.06. The summed E-state index contributed by atoms with van der Waals surface area (Å²) in [7, 11) is 1.88. The van der Waals surface area contributed by atoms with E-state index in [0.717, 1.165) is 5.56 Å². The van der Waals surface area contributed by atoms with Crippen LogP contribution >= 0.6 is 11.6 Å². The Bertz CT molecular complexity index is 618. The highest BCUT2D eigenvalue weighted by molar-refractivity contribution is 6.33. The van der Waals surface area contributed by atoms with Gasteiger partial charge in [0, 0.05) is 24.6 Å². The molecule has 0 radical (unpaired) electrons. The summed E-state index contributed by atoms with van der Waals surface area (Å²) in [6.07, 6.45) is 3.46. The maximum absolute atomic E-state index is 12.0. The molecular formula is C15H17ClN4O. The van der Waals surface area contributed by atoms with E-state index < -0.39 is 0 Å². The van der Waals surface area contributed by atoms with Crippen LogP contribution < -0.4 is 11.1 Å². The molecule has 3 N–H and O–H groups in total. The SMILES string of the molecule is CN(CC(=O)Nc1cc(N)ccc1Cl)Cc1ccncc1. The van der Waals surface area contributed by atoms with Gasteiger partial charge in [0.2, 0.25) is 5.91 Å².